The van der Waals surface area contributed by atoms with Crippen LogP contribution >= 0.6 is 0 Å². The van der Waals surface area contributed by atoms with E-state index < -0.39 is 6.09 Å². The van der Waals surface area contributed by atoms with Crippen LogP contribution in [0.25, 0.3) is 0 Å². The largest absolute Gasteiger partial charge is 0.411 e. The van der Waals surface area contributed by atoms with E-state index in [1.54, 1.807) is 42.7 Å². The van der Waals surface area contributed by atoms with Crippen LogP contribution in [0.15, 0.2) is 55.1 Å². The fraction of sp³-hybridized carbons (Fsp3) is 0. The van der Waals surface area contributed by atoms with Gasteiger partial charge in [-0.05, 0) is 18.2 Å². The summed E-state index contributed by atoms with van der Waals surface area (Å²) in [4.78, 5) is 17.5. The molecule has 2 rings (SSSR count). The molecule has 16 heavy (non-hydrogen) atoms. The second kappa shape index (κ2) is 6.94. The smallest absolute Gasteiger partial charge is 0.409 e. The molecule has 2 N–H and O–H groups in total. The number of amides is 1. The summed E-state index contributed by atoms with van der Waals surface area (Å²) in [6.45, 7) is 0. The van der Waals surface area contributed by atoms with E-state index in [4.69, 9.17) is 5.73 Å². The first-order valence-corrected chi connectivity index (χ1v) is 4.51. The predicted octanol–water partition coefficient (Wildman–Crippen LogP) is 1.62. The van der Waals surface area contributed by atoms with E-state index in [0.29, 0.717) is 5.75 Å². The third-order valence-corrected chi connectivity index (χ3v) is 1.44. The number of hydrogen-bond donors (Lipinski definition) is 1. The van der Waals surface area contributed by atoms with Crippen molar-refractivity contribution in [3.8, 4) is 5.75 Å². The average molecular weight is 217 g/mol. The molecule has 1 amide bonds. The number of primary amides is 1. The fourth-order valence-electron chi connectivity index (χ4n) is 0.858. The topological polar surface area (TPSA) is 78.1 Å². The van der Waals surface area contributed by atoms with Crippen LogP contribution in [0, 0.1) is 0 Å². The Morgan fingerprint density at radius 1 is 1.06 bits per heavy atom. The quantitative estimate of drug-likeness (QED) is 0.787. The van der Waals surface area contributed by atoms with Gasteiger partial charge in [0, 0.05) is 12.4 Å². The Kier molecular flexibility index (Phi) is 5.05. The van der Waals surface area contributed by atoms with Crippen LogP contribution in [0.5, 0.6) is 5.75 Å². The minimum absolute atomic E-state index is 0.468. The molecular formula is C11H11N3O2. The van der Waals surface area contributed by atoms with Gasteiger partial charge in [-0.3, -0.25) is 0 Å². The summed E-state index contributed by atoms with van der Waals surface area (Å²) in [5.74, 6) is 0.468. The van der Waals surface area contributed by atoms with Crippen molar-refractivity contribution in [3.05, 3.63) is 55.1 Å². The molecule has 1 aromatic carbocycles. The van der Waals surface area contributed by atoms with Gasteiger partial charge in [-0.1, -0.05) is 18.2 Å². The molecule has 0 radical (unpaired) electrons. The highest BCUT2D eigenvalue weighted by atomic mass is 16.5. The van der Waals surface area contributed by atoms with Gasteiger partial charge in [-0.25, -0.2) is 14.8 Å². The van der Waals surface area contributed by atoms with Gasteiger partial charge >= 0.3 is 6.09 Å². The molecule has 0 spiro atoms. The van der Waals surface area contributed by atoms with Crippen molar-refractivity contribution in [2.75, 3.05) is 0 Å². The number of nitrogens with two attached hydrogens (primary N) is 1. The first kappa shape index (κ1) is 11.6. The second-order valence-corrected chi connectivity index (χ2v) is 2.64. The molecule has 2 aromatic rings. The number of benzene rings is 1. The molecule has 1 aromatic heterocycles. The third kappa shape index (κ3) is 5.33. The summed E-state index contributed by atoms with van der Waals surface area (Å²) < 4.78 is 4.55. The van der Waals surface area contributed by atoms with Crippen molar-refractivity contribution in [2.24, 2.45) is 5.73 Å². The van der Waals surface area contributed by atoms with Gasteiger partial charge in [-0.2, -0.15) is 0 Å². The summed E-state index contributed by atoms with van der Waals surface area (Å²) in [5.41, 5.74) is 4.76. The molecular weight excluding hydrogens is 206 g/mol. The zero-order valence-electron chi connectivity index (χ0n) is 8.48. The molecule has 1 heterocycles. The van der Waals surface area contributed by atoms with Gasteiger partial charge in [0.2, 0.25) is 0 Å². The number of carbonyl (C=O) groups is 1. The van der Waals surface area contributed by atoms with E-state index in [1.807, 2.05) is 6.07 Å². The van der Waals surface area contributed by atoms with Crippen LogP contribution in [0.3, 0.4) is 0 Å². The van der Waals surface area contributed by atoms with Gasteiger partial charge in [0.05, 0.1) is 0 Å². The van der Waals surface area contributed by atoms with Gasteiger partial charge in [0.25, 0.3) is 0 Å². The minimum atomic E-state index is -0.786. The maximum absolute atomic E-state index is 10.2. The lowest BCUT2D eigenvalue weighted by Gasteiger charge is -1.96. The SMILES string of the molecule is NC(=O)Oc1ccccc1.c1cncnc1. The summed E-state index contributed by atoms with van der Waals surface area (Å²) in [5, 5.41) is 0. The molecule has 0 aliphatic carbocycles. The summed E-state index contributed by atoms with van der Waals surface area (Å²) in [6, 6.07) is 10.4. The Morgan fingerprint density at radius 2 is 1.69 bits per heavy atom. The summed E-state index contributed by atoms with van der Waals surface area (Å²) in [6.07, 6.45) is 4.09. The average Bonchev–Trinajstić information content (AvgIpc) is 2.32. The summed E-state index contributed by atoms with van der Waals surface area (Å²) in [7, 11) is 0. The first-order chi connectivity index (χ1) is 7.79. The van der Waals surface area contributed by atoms with Crippen LogP contribution in [-0.2, 0) is 0 Å². The van der Waals surface area contributed by atoms with Crippen LogP contribution in [0.2, 0.25) is 0 Å². The third-order valence-electron chi connectivity index (χ3n) is 1.44. The zero-order valence-corrected chi connectivity index (χ0v) is 8.48. The Bertz CT molecular complexity index is 379. The van der Waals surface area contributed by atoms with Crippen LogP contribution in [0.1, 0.15) is 0 Å². The lowest BCUT2D eigenvalue weighted by Crippen LogP contribution is -2.15. The minimum Gasteiger partial charge on any atom is -0.411 e. The number of aromatic nitrogens is 2. The van der Waals surface area contributed by atoms with Crippen LogP contribution < -0.4 is 10.5 Å². The van der Waals surface area contributed by atoms with Gasteiger partial charge < -0.3 is 10.5 Å². The molecule has 0 unspecified atom stereocenters. The van der Waals surface area contributed by atoms with E-state index in [2.05, 4.69) is 14.7 Å². The van der Waals surface area contributed by atoms with E-state index in [-0.39, 0.29) is 0 Å². The number of nitrogens with zero attached hydrogens (tertiary/aromatic N) is 2. The molecule has 5 nitrogen and oxygen atoms in total. The lowest BCUT2D eigenvalue weighted by atomic mass is 10.3. The Labute approximate surface area is 92.9 Å². The Balaban J connectivity index is 0.000000181. The van der Waals surface area contributed by atoms with Crippen molar-refractivity contribution in [2.45, 2.75) is 0 Å². The van der Waals surface area contributed by atoms with Crippen molar-refractivity contribution < 1.29 is 9.53 Å². The molecule has 0 saturated carbocycles. The second-order valence-electron chi connectivity index (χ2n) is 2.64. The molecule has 0 aliphatic heterocycles. The monoisotopic (exact) mass is 217 g/mol. The van der Waals surface area contributed by atoms with Gasteiger partial charge in [0.15, 0.2) is 0 Å². The van der Waals surface area contributed by atoms with Crippen LogP contribution in [-0.4, -0.2) is 16.1 Å². The number of hydrogen-bond acceptors (Lipinski definition) is 4. The normalized spacial score (nSPS) is 8.50. The standard InChI is InChI=1S/C7H7NO2.C4H4N2/c8-7(9)10-6-4-2-1-3-5-6;1-2-5-4-6-3-1/h1-5H,(H2,8,9);1-4H. The zero-order chi connectivity index (χ0) is 11.6. The molecule has 0 atom stereocenters. The molecule has 0 saturated heterocycles. The predicted molar refractivity (Wildman–Crippen MR) is 58.7 cm³/mol. The van der Waals surface area contributed by atoms with Crippen molar-refractivity contribution in [1.29, 1.82) is 0 Å². The fourth-order valence-corrected chi connectivity index (χ4v) is 0.858. The van der Waals surface area contributed by atoms with E-state index in [1.165, 1.54) is 6.33 Å². The highest BCUT2D eigenvalue weighted by molar-refractivity contribution is 5.67. The number of para-hydroxylation sites is 1. The van der Waals surface area contributed by atoms with E-state index in [9.17, 15) is 4.79 Å². The van der Waals surface area contributed by atoms with Crippen molar-refractivity contribution >= 4 is 6.09 Å². The Morgan fingerprint density at radius 3 is 2.06 bits per heavy atom. The molecule has 82 valence electrons. The first-order valence-electron chi connectivity index (χ1n) is 4.51. The highest BCUT2D eigenvalue weighted by Crippen LogP contribution is 2.07. The van der Waals surface area contributed by atoms with E-state index >= 15 is 0 Å². The lowest BCUT2D eigenvalue weighted by molar-refractivity contribution is 0.211. The molecule has 0 fully saturated rings. The van der Waals surface area contributed by atoms with Gasteiger partial charge in [-0.15, -0.1) is 0 Å². The molecule has 5 heteroatoms. The van der Waals surface area contributed by atoms with E-state index in [0.717, 1.165) is 0 Å². The maximum atomic E-state index is 10.2. The maximum Gasteiger partial charge on any atom is 0.409 e. The highest BCUT2D eigenvalue weighted by Gasteiger charge is 1.93. The number of rotatable bonds is 1. The Hall–Kier alpha value is -2.43. The van der Waals surface area contributed by atoms with Crippen molar-refractivity contribution in [1.82, 2.24) is 9.97 Å². The number of ether oxygens (including phenoxy) is 1. The van der Waals surface area contributed by atoms with Crippen molar-refractivity contribution in [3.63, 3.8) is 0 Å². The number of carbonyl (C=O) groups excluding carboxylic acids is 1. The van der Waals surface area contributed by atoms with Gasteiger partial charge in [0.1, 0.15) is 12.1 Å². The molecule has 0 bridgehead atoms. The molecule has 0 aliphatic rings. The summed E-state index contributed by atoms with van der Waals surface area (Å²) >= 11 is 0. The van der Waals surface area contributed by atoms with Crippen LogP contribution in [0.4, 0.5) is 4.79 Å².